The van der Waals surface area contributed by atoms with Crippen molar-refractivity contribution in [2.24, 2.45) is 5.73 Å². The summed E-state index contributed by atoms with van der Waals surface area (Å²) in [4.78, 5) is 2.69. The van der Waals surface area contributed by atoms with Gasteiger partial charge in [0.2, 0.25) is 0 Å². The molecule has 1 saturated carbocycles. The molecule has 1 saturated heterocycles. The van der Waals surface area contributed by atoms with Gasteiger partial charge in [-0.2, -0.15) is 0 Å². The highest BCUT2D eigenvalue weighted by atomic mass is 15.2. The molecule has 1 aliphatic heterocycles. The molecule has 2 heteroatoms. The minimum atomic E-state index is 0.337. The summed E-state index contributed by atoms with van der Waals surface area (Å²) in [5.41, 5.74) is 7.93. The second-order valence-corrected chi connectivity index (χ2v) is 5.98. The fourth-order valence-corrected chi connectivity index (χ4v) is 3.87. The second-order valence-electron chi connectivity index (χ2n) is 5.98. The van der Waals surface area contributed by atoms with E-state index in [0.29, 0.717) is 5.54 Å². The Balaban J connectivity index is 1.71. The maximum Gasteiger partial charge on any atom is 0.0332 e. The largest absolute Gasteiger partial charge is 0.329 e. The minimum absolute atomic E-state index is 0.337. The summed E-state index contributed by atoms with van der Waals surface area (Å²) >= 11 is 0. The predicted octanol–water partition coefficient (Wildman–Crippen LogP) is 2.75. The van der Waals surface area contributed by atoms with E-state index in [-0.39, 0.29) is 0 Å². The average molecular weight is 244 g/mol. The molecule has 1 aromatic carbocycles. The summed E-state index contributed by atoms with van der Waals surface area (Å²) in [7, 11) is 0. The molecule has 2 fully saturated rings. The van der Waals surface area contributed by atoms with E-state index < -0.39 is 0 Å². The molecular formula is C16H24N2. The van der Waals surface area contributed by atoms with Crippen LogP contribution >= 0.6 is 0 Å². The molecule has 0 amide bonds. The Bertz CT molecular complexity index is 381. The molecule has 0 aromatic heterocycles. The number of nitrogens with two attached hydrogens (primary N) is 1. The molecule has 2 N–H and O–H groups in total. The quantitative estimate of drug-likeness (QED) is 0.886. The minimum Gasteiger partial charge on any atom is -0.329 e. The molecule has 1 aromatic rings. The van der Waals surface area contributed by atoms with Gasteiger partial charge in [0.1, 0.15) is 0 Å². The van der Waals surface area contributed by atoms with Crippen LogP contribution in [-0.2, 0) is 0 Å². The van der Waals surface area contributed by atoms with Gasteiger partial charge in [-0.05, 0) is 37.3 Å². The molecule has 1 aliphatic carbocycles. The molecular weight excluding hydrogens is 220 g/mol. The molecule has 1 heterocycles. The Labute approximate surface area is 110 Å². The lowest BCUT2D eigenvalue weighted by molar-refractivity contribution is 0.128. The van der Waals surface area contributed by atoms with Gasteiger partial charge in [-0.3, -0.25) is 4.90 Å². The van der Waals surface area contributed by atoms with Crippen molar-refractivity contribution in [3.8, 4) is 0 Å². The topological polar surface area (TPSA) is 29.3 Å². The van der Waals surface area contributed by atoms with Gasteiger partial charge in [-0.15, -0.1) is 0 Å². The second kappa shape index (κ2) is 5.02. The average Bonchev–Trinajstić information content (AvgIpc) is 3.09. The van der Waals surface area contributed by atoms with E-state index in [4.69, 9.17) is 5.73 Å². The number of hydrogen-bond donors (Lipinski definition) is 1. The lowest BCUT2D eigenvalue weighted by atomic mass is 9.95. The number of hydrogen-bond acceptors (Lipinski definition) is 2. The highest BCUT2D eigenvalue weighted by Crippen LogP contribution is 2.39. The van der Waals surface area contributed by atoms with E-state index in [1.165, 1.54) is 50.8 Å². The van der Waals surface area contributed by atoms with E-state index in [1.807, 2.05) is 0 Å². The smallest absolute Gasteiger partial charge is 0.0332 e. The standard InChI is InChI=1S/C16H24N2/c17-13-16(9-4-5-10-16)18-11-8-15(12-18)14-6-2-1-3-7-14/h1-3,6-7,15H,4-5,8-13,17H2. The predicted molar refractivity (Wildman–Crippen MR) is 75.6 cm³/mol. The fraction of sp³-hybridized carbons (Fsp3) is 0.625. The number of likely N-dealkylation sites (tertiary alicyclic amines) is 1. The van der Waals surface area contributed by atoms with Crippen LogP contribution in [0.15, 0.2) is 30.3 Å². The maximum atomic E-state index is 6.09. The van der Waals surface area contributed by atoms with Crippen molar-refractivity contribution in [1.82, 2.24) is 4.90 Å². The SMILES string of the molecule is NCC1(N2CCC(c3ccccc3)C2)CCCC1. The van der Waals surface area contributed by atoms with Crippen LogP contribution in [0.4, 0.5) is 0 Å². The first-order chi connectivity index (χ1) is 8.84. The lowest BCUT2D eigenvalue weighted by Gasteiger charge is -2.38. The zero-order valence-corrected chi connectivity index (χ0v) is 11.1. The van der Waals surface area contributed by atoms with Crippen LogP contribution in [-0.4, -0.2) is 30.1 Å². The molecule has 18 heavy (non-hydrogen) atoms. The number of benzene rings is 1. The number of nitrogens with zero attached hydrogens (tertiary/aromatic N) is 1. The lowest BCUT2D eigenvalue weighted by Crippen LogP contribution is -2.50. The zero-order chi connectivity index (χ0) is 12.4. The van der Waals surface area contributed by atoms with Crippen LogP contribution < -0.4 is 5.73 Å². The molecule has 0 bridgehead atoms. The van der Waals surface area contributed by atoms with Crippen molar-refractivity contribution >= 4 is 0 Å². The van der Waals surface area contributed by atoms with Gasteiger partial charge in [-0.1, -0.05) is 43.2 Å². The van der Waals surface area contributed by atoms with Gasteiger partial charge in [0.15, 0.2) is 0 Å². The molecule has 2 aliphatic rings. The van der Waals surface area contributed by atoms with E-state index in [9.17, 15) is 0 Å². The van der Waals surface area contributed by atoms with Crippen LogP contribution in [0.5, 0.6) is 0 Å². The maximum absolute atomic E-state index is 6.09. The van der Waals surface area contributed by atoms with Crippen LogP contribution in [0.3, 0.4) is 0 Å². The van der Waals surface area contributed by atoms with Crippen LogP contribution in [0, 0.1) is 0 Å². The van der Waals surface area contributed by atoms with E-state index in [1.54, 1.807) is 0 Å². The molecule has 2 nitrogen and oxygen atoms in total. The highest BCUT2D eigenvalue weighted by Gasteiger charge is 2.41. The van der Waals surface area contributed by atoms with E-state index in [2.05, 4.69) is 35.2 Å². The summed E-state index contributed by atoms with van der Waals surface area (Å²) in [6.45, 7) is 3.28. The summed E-state index contributed by atoms with van der Waals surface area (Å²) in [6, 6.07) is 11.0. The van der Waals surface area contributed by atoms with E-state index >= 15 is 0 Å². The van der Waals surface area contributed by atoms with E-state index in [0.717, 1.165) is 12.5 Å². The van der Waals surface area contributed by atoms with Gasteiger partial charge in [0.25, 0.3) is 0 Å². The third-order valence-corrected chi connectivity index (χ3v) is 5.04. The fourth-order valence-electron chi connectivity index (χ4n) is 3.87. The third-order valence-electron chi connectivity index (χ3n) is 5.04. The first-order valence-electron chi connectivity index (χ1n) is 7.34. The summed E-state index contributed by atoms with van der Waals surface area (Å²) in [6.07, 6.45) is 6.65. The first kappa shape index (κ1) is 12.2. The molecule has 98 valence electrons. The Morgan fingerprint density at radius 3 is 2.56 bits per heavy atom. The Hall–Kier alpha value is -0.860. The van der Waals surface area contributed by atoms with Gasteiger partial charge in [0.05, 0.1) is 0 Å². The Morgan fingerprint density at radius 1 is 1.17 bits per heavy atom. The zero-order valence-electron chi connectivity index (χ0n) is 11.1. The van der Waals surface area contributed by atoms with Crippen molar-refractivity contribution in [3.63, 3.8) is 0 Å². The van der Waals surface area contributed by atoms with Crippen molar-refractivity contribution < 1.29 is 0 Å². The van der Waals surface area contributed by atoms with Crippen molar-refractivity contribution in [2.45, 2.75) is 43.6 Å². The molecule has 1 unspecified atom stereocenters. The highest BCUT2D eigenvalue weighted by molar-refractivity contribution is 5.21. The van der Waals surface area contributed by atoms with Crippen LogP contribution in [0.25, 0.3) is 0 Å². The van der Waals surface area contributed by atoms with Crippen molar-refractivity contribution in [2.75, 3.05) is 19.6 Å². The summed E-state index contributed by atoms with van der Waals surface area (Å²) in [5.74, 6) is 0.718. The van der Waals surface area contributed by atoms with Gasteiger partial charge in [-0.25, -0.2) is 0 Å². The van der Waals surface area contributed by atoms with Gasteiger partial charge >= 0.3 is 0 Å². The molecule has 0 spiro atoms. The normalized spacial score (nSPS) is 27.7. The summed E-state index contributed by atoms with van der Waals surface area (Å²) < 4.78 is 0. The van der Waals surface area contributed by atoms with Crippen LogP contribution in [0.2, 0.25) is 0 Å². The van der Waals surface area contributed by atoms with Gasteiger partial charge < -0.3 is 5.73 Å². The van der Waals surface area contributed by atoms with Crippen molar-refractivity contribution in [3.05, 3.63) is 35.9 Å². The van der Waals surface area contributed by atoms with Crippen molar-refractivity contribution in [1.29, 1.82) is 0 Å². The first-order valence-corrected chi connectivity index (χ1v) is 7.34. The molecule has 3 rings (SSSR count). The third kappa shape index (κ3) is 2.08. The number of rotatable bonds is 3. The Kier molecular flexibility index (Phi) is 3.40. The Morgan fingerprint density at radius 2 is 1.89 bits per heavy atom. The summed E-state index contributed by atoms with van der Waals surface area (Å²) in [5, 5.41) is 0. The van der Waals surface area contributed by atoms with Gasteiger partial charge in [0, 0.05) is 18.6 Å². The monoisotopic (exact) mass is 244 g/mol. The van der Waals surface area contributed by atoms with Crippen LogP contribution in [0.1, 0.15) is 43.6 Å². The molecule has 0 radical (unpaired) electrons. The molecule has 1 atom stereocenters.